The average molecular weight is 332 g/mol. The maximum atomic E-state index is 12.6. The molecule has 2 atom stereocenters. The summed E-state index contributed by atoms with van der Waals surface area (Å²) in [4.78, 5) is 17.3. The first-order chi connectivity index (χ1) is 11.4. The van der Waals surface area contributed by atoms with Crippen molar-refractivity contribution in [1.82, 2.24) is 9.80 Å². The van der Waals surface area contributed by atoms with E-state index in [0.717, 1.165) is 37.4 Å². The summed E-state index contributed by atoms with van der Waals surface area (Å²) in [5.41, 5.74) is 3.27. The van der Waals surface area contributed by atoms with Gasteiger partial charge in [0.05, 0.1) is 6.04 Å². The molecule has 0 bridgehead atoms. The van der Waals surface area contributed by atoms with Crippen molar-refractivity contribution < 1.29 is 4.79 Å². The van der Waals surface area contributed by atoms with Crippen molar-refractivity contribution in [2.45, 2.75) is 46.6 Å². The third kappa shape index (κ3) is 5.05. The molecule has 2 rings (SSSR count). The SMILES string of the molecule is CCCN(C)C[C@@H]1CCN([C@@H](C)C(=O)Nc2ccc(C)cc2C)C1. The molecule has 1 amide bonds. The summed E-state index contributed by atoms with van der Waals surface area (Å²) < 4.78 is 0. The van der Waals surface area contributed by atoms with E-state index >= 15 is 0 Å². The Bertz CT molecular complexity index is 558. The zero-order valence-electron chi connectivity index (χ0n) is 15.9. The highest BCUT2D eigenvalue weighted by Gasteiger charge is 2.30. The van der Waals surface area contributed by atoms with Crippen LogP contribution >= 0.6 is 0 Å². The lowest BCUT2D eigenvalue weighted by Crippen LogP contribution is -2.41. The van der Waals surface area contributed by atoms with Crippen molar-refractivity contribution in [3.8, 4) is 0 Å². The standard InChI is InChI=1S/C20H33N3O/c1-6-10-22(5)13-18-9-11-23(14-18)17(4)20(24)21-19-8-7-15(2)12-16(19)3/h7-8,12,17-18H,6,9-11,13-14H2,1-5H3,(H,21,24)/t17-,18-/m0/s1. The number of nitrogens with zero attached hydrogens (tertiary/aromatic N) is 2. The van der Waals surface area contributed by atoms with Gasteiger partial charge in [0, 0.05) is 18.8 Å². The fourth-order valence-corrected chi connectivity index (χ4v) is 3.63. The third-order valence-corrected chi connectivity index (χ3v) is 5.06. The van der Waals surface area contributed by atoms with Gasteiger partial charge in [-0.05, 0) is 71.3 Å². The first-order valence-corrected chi connectivity index (χ1v) is 9.21. The molecule has 0 radical (unpaired) electrons. The minimum atomic E-state index is -0.0767. The molecule has 1 aromatic rings. The average Bonchev–Trinajstić information content (AvgIpc) is 2.97. The van der Waals surface area contributed by atoms with Crippen LogP contribution in [0.3, 0.4) is 0 Å². The monoisotopic (exact) mass is 331 g/mol. The van der Waals surface area contributed by atoms with Crippen LogP contribution < -0.4 is 5.32 Å². The van der Waals surface area contributed by atoms with Gasteiger partial charge >= 0.3 is 0 Å². The van der Waals surface area contributed by atoms with Crippen LogP contribution in [0.25, 0.3) is 0 Å². The number of carbonyl (C=O) groups excluding carboxylic acids is 1. The van der Waals surface area contributed by atoms with E-state index in [-0.39, 0.29) is 11.9 Å². The molecule has 0 spiro atoms. The first kappa shape index (κ1) is 18.9. The van der Waals surface area contributed by atoms with Crippen LogP contribution in [0.5, 0.6) is 0 Å². The number of aryl methyl sites for hydroxylation is 2. The minimum Gasteiger partial charge on any atom is -0.324 e. The lowest BCUT2D eigenvalue weighted by molar-refractivity contribution is -0.120. The normalized spacial score (nSPS) is 19.7. The van der Waals surface area contributed by atoms with Gasteiger partial charge in [0.2, 0.25) is 5.91 Å². The number of rotatable bonds is 7. The van der Waals surface area contributed by atoms with Gasteiger partial charge in [0.1, 0.15) is 0 Å². The van der Waals surface area contributed by atoms with Gasteiger partial charge in [0.25, 0.3) is 0 Å². The Labute approximate surface area is 147 Å². The summed E-state index contributed by atoms with van der Waals surface area (Å²) in [6, 6.07) is 6.08. The van der Waals surface area contributed by atoms with Gasteiger partial charge in [0.15, 0.2) is 0 Å². The Morgan fingerprint density at radius 2 is 2.17 bits per heavy atom. The second kappa shape index (κ2) is 8.63. The molecule has 1 heterocycles. The van der Waals surface area contributed by atoms with Crippen LogP contribution in [0.4, 0.5) is 5.69 Å². The van der Waals surface area contributed by atoms with Gasteiger partial charge < -0.3 is 10.2 Å². The highest BCUT2D eigenvalue weighted by Crippen LogP contribution is 2.21. The summed E-state index contributed by atoms with van der Waals surface area (Å²) in [6.07, 6.45) is 2.39. The Morgan fingerprint density at radius 3 is 2.83 bits per heavy atom. The van der Waals surface area contributed by atoms with E-state index in [9.17, 15) is 4.79 Å². The molecule has 134 valence electrons. The fraction of sp³-hybridized carbons (Fsp3) is 0.650. The molecule has 1 saturated heterocycles. The Kier molecular flexibility index (Phi) is 6.81. The van der Waals surface area contributed by atoms with Crippen molar-refractivity contribution in [2.24, 2.45) is 5.92 Å². The third-order valence-electron chi connectivity index (χ3n) is 5.06. The number of nitrogens with one attached hydrogen (secondary N) is 1. The number of anilines is 1. The van der Waals surface area contributed by atoms with Crippen molar-refractivity contribution in [3.05, 3.63) is 29.3 Å². The van der Waals surface area contributed by atoms with E-state index in [2.05, 4.69) is 42.1 Å². The zero-order chi connectivity index (χ0) is 17.7. The lowest BCUT2D eigenvalue weighted by atomic mass is 10.1. The van der Waals surface area contributed by atoms with E-state index in [1.807, 2.05) is 26.0 Å². The molecule has 0 unspecified atom stereocenters. The highest BCUT2D eigenvalue weighted by atomic mass is 16.2. The van der Waals surface area contributed by atoms with Crippen LogP contribution in [0, 0.1) is 19.8 Å². The summed E-state index contributed by atoms with van der Waals surface area (Å²) in [5, 5.41) is 3.10. The number of amides is 1. The predicted molar refractivity (Wildman–Crippen MR) is 101 cm³/mol. The van der Waals surface area contributed by atoms with Crippen molar-refractivity contribution in [3.63, 3.8) is 0 Å². The summed E-state index contributed by atoms with van der Waals surface area (Å²) in [5.74, 6) is 0.780. The second-order valence-electron chi connectivity index (χ2n) is 7.40. The second-order valence-corrected chi connectivity index (χ2v) is 7.40. The van der Waals surface area contributed by atoms with Crippen LogP contribution in [0.1, 0.15) is 37.8 Å². The maximum absolute atomic E-state index is 12.6. The van der Waals surface area contributed by atoms with E-state index in [1.54, 1.807) is 0 Å². The van der Waals surface area contributed by atoms with E-state index in [0.29, 0.717) is 5.92 Å². The number of carbonyl (C=O) groups is 1. The Balaban J connectivity index is 1.87. The molecule has 1 aromatic carbocycles. The van der Waals surface area contributed by atoms with E-state index in [1.165, 1.54) is 18.4 Å². The van der Waals surface area contributed by atoms with Gasteiger partial charge in [-0.3, -0.25) is 9.69 Å². The summed E-state index contributed by atoms with van der Waals surface area (Å²) in [6.45, 7) is 12.7. The van der Waals surface area contributed by atoms with Crippen LogP contribution in [-0.2, 0) is 4.79 Å². The Hall–Kier alpha value is -1.39. The van der Waals surface area contributed by atoms with Gasteiger partial charge in [-0.15, -0.1) is 0 Å². The van der Waals surface area contributed by atoms with Gasteiger partial charge in [-0.1, -0.05) is 24.6 Å². The van der Waals surface area contributed by atoms with Gasteiger partial charge in [-0.2, -0.15) is 0 Å². The summed E-state index contributed by atoms with van der Waals surface area (Å²) in [7, 11) is 2.20. The van der Waals surface area contributed by atoms with Crippen molar-refractivity contribution in [2.75, 3.05) is 38.5 Å². The summed E-state index contributed by atoms with van der Waals surface area (Å²) >= 11 is 0. The molecule has 0 aromatic heterocycles. The van der Waals surface area contributed by atoms with Crippen LogP contribution in [0.2, 0.25) is 0 Å². The molecular formula is C20H33N3O. The molecule has 4 heteroatoms. The predicted octanol–water partition coefficient (Wildman–Crippen LogP) is 3.29. The van der Waals surface area contributed by atoms with E-state index in [4.69, 9.17) is 0 Å². The largest absolute Gasteiger partial charge is 0.324 e. The topological polar surface area (TPSA) is 35.6 Å². The van der Waals surface area contributed by atoms with Crippen molar-refractivity contribution in [1.29, 1.82) is 0 Å². The Morgan fingerprint density at radius 1 is 1.42 bits per heavy atom. The number of hydrogen-bond acceptors (Lipinski definition) is 3. The molecule has 24 heavy (non-hydrogen) atoms. The number of hydrogen-bond donors (Lipinski definition) is 1. The molecule has 1 aliphatic rings. The number of likely N-dealkylation sites (tertiary alicyclic amines) is 1. The fourth-order valence-electron chi connectivity index (χ4n) is 3.63. The molecule has 1 aliphatic heterocycles. The zero-order valence-corrected chi connectivity index (χ0v) is 15.9. The van der Waals surface area contributed by atoms with Gasteiger partial charge in [-0.25, -0.2) is 0 Å². The number of benzene rings is 1. The minimum absolute atomic E-state index is 0.0767. The van der Waals surface area contributed by atoms with E-state index < -0.39 is 0 Å². The molecular weight excluding hydrogens is 298 g/mol. The van der Waals surface area contributed by atoms with Crippen LogP contribution in [0.15, 0.2) is 18.2 Å². The molecule has 1 N–H and O–H groups in total. The first-order valence-electron chi connectivity index (χ1n) is 9.21. The quantitative estimate of drug-likeness (QED) is 0.833. The molecule has 0 aliphatic carbocycles. The molecule has 0 saturated carbocycles. The lowest BCUT2D eigenvalue weighted by Gasteiger charge is -2.25. The van der Waals surface area contributed by atoms with Crippen molar-refractivity contribution >= 4 is 11.6 Å². The van der Waals surface area contributed by atoms with Crippen LogP contribution in [-0.4, -0.2) is 55.0 Å². The smallest absolute Gasteiger partial charge is 0.241 e. The molecule has 1 fully saturated rings. The molecule has 4 nitrogen and oxygen atoms in total. The highest BCUT2D eigenvalue weighted by molar-refractivity contribution is 5.95. The maximum Gasteiger partial charge on any atom is 0.241 e.